The predicted molar refractivity (Wildman–Crippen MR) is 77.0 cm³/mol. The van der Waals surface area contributed by atoms with E-state index >= 15 is 0 Å². The number of nitro benzene ring substituents is 1. The van der Waals surface area contributed by atoms with E-state index in [4.69, 9.17) is 4.74 Å². The fraction of sp³-hybridized carbons (Fsp3) is 0.0714. The molecule has 0 radical (unpaired) electrons. The van der Waals surface area contributed by atoms with Crippen LogP contribution in [0.15, 0.2) is 46.9 Å². The van der Waals surface area contributed by atoms with Crippen LogP contribution in [0.5, 0.6) is 5.75 Å². The lowest BCUT2D eigenvalue weighted by molar-refractivity contribution is -0.385. The summed E-state index contributed by atoms with van der Waals surface area (Å²) in [5.74, 6) is -1.03. The molecule has 0 saturated carbocycles. The van der Waals surface area contributed by atoms with Gasteiger partial charge >= 0.3 is 0 Å². The number of carbonyl (C=O) groups excluding carboxylic acids is 1. The summed E-state index contributed by atoms with van der Waals surface area (Å²) in [5, 5.41) is 10.7. The van der Waals surface area contributed by atoms with Crippen molar-refractivity contribution in [3.8, 4) is 5.75 Å². The molecule has 0 amide bonds. The molecule has 2 aromatic rings. The molecule has 2 aromatic carbocycles. The Morgan fingerprint density at radius 2 is 2.00 bits per heavy atom. The molecule has 108 valence electrons. The smallest absolute Gasteiger partial charge is 0.274 e. The van der Waals surface area contributed by atoms with Gasteiger partial charge in [0.25, 0.3) is 5.69 Å². The topological polar surface area (TPSA) is 69.4 Å². The standard InChI is InChI=1S/C14H9BrFNO4/c15-9-5-10(17(19)20)7-11(6-9)21-8-14(18)12-3-1-2-4-13(12)16/h1-7H,8H2. The lowest BCUT2D eigenvalue weighted by Crippen LogP contribution is -2.13. The Morgan fingerprint density at radius 1 is 1.29 bits per heavy atom. The third-order valence-electron chi connectivity index (χ3n) is 2.61. The zero-order chi connectivity index (χ0) is 15.4. The van der Waals surface area contributed by atoms with Gasteiger partial charge in [-0.3, -0.25) is 14.9 Å². The highest BCUT2D eigenvalue weighted by molar-refractivity contribution is 9.10. The van der Waals surface area contributed by atoms with Crippen LogP contribution in [0, 0.1) is 15.9 Å². The van der Waals surface area contributed by atoms with Crippen LogP contribution in [0.1, 0.15) is 10.4 Å². The van der Waals surface area contributed by atoms with E-state index in [1.807, 2.05) is 0 Å². The summed E-state index contributed by atoms with van der Waals surface area (Å²) in [6.45, 7) is -0.408. The van der Waals surface area contributed by atoms with E-state index < -0.39 is 23.1 Å². The van der Waals surface area contributed by atoms with Crippen molar-refractivity contribution in [1.82, 2.24) is 0 Å². The van der Waals surface area contributed by atoms with Crippen LogP contribution in [-0.4, -0.2) is 17.3 Å². The number of non-ortho nitro benzene ring substituents is 1. The van der Waals surface area contributed by atoms with Gasteiger partial charge in [0.15, 0.2) is 6.61 Å². The lowest BCUT2D eigenvalue weighted by atomic mass is 10.1. The van der Waals surface area contributed by atoms with Crippen molar-refractivity contribution in [3.05, 3.63) is 68.4 Å². The highest BCUT2D eigenvalue weighted by atomic mass is 79.9. The molecular formula is C14H9BrFNO4. The Kier molecular flexibility index (Phi) is 4.64. The number of carbonyl (C=O) groups is 1. The second-order valence-corrected chi connectivity index (χ2v) is 5.01. The first-order valence-corrected chi connectivity index (χ1v) is 6.62. The number of nitrogens with zero attached hydrogens (tertiary/aromatic N) is 1. The van der Waals surface area contributed by atoms with Crippen LogP contribution in [0.2, 0.25) is 0 Å². The molecule has 0 aliphatic heterocycles. The van der Waals surface area contributed by atoms with E-state index in [1.165, 1.54) is 36.4 Å². The molecule has 5 nitrogen and oxygen atoms in total. The Balaban J connectivity index is 2.11. The first-order valence-electron chi connectivity index (χ1n) is 5.83. The summed E-state index contributed by atoms with van der Waals surface area (Å²) >= 11 is 3.12. The van der Waals surface area contributed by atoms with Crippen molar-refractivity contribution >= 4 is 27.4 Å². The van der Waals surface area contributed by atoms with Gasteiger partial charge in [-0.05, 0) is 18.2 Å². The number of hydrogen-bond donors (Lipinski definition) is 0. The highest BCUT2D eigenvalue weighted by Crippen LogP contribution is 2.26. The maximum Gasteiger partial charge on any atom is 0.274 e. The predicted octanol–water partition coefficient (Wildman–Crippen LogP) is 3.76. The van der Waals surface area contributed by atoms with Gasteiger partial charge in [0.1, 0.15) is 11.6 Å². The van der Waals surface area contributed by atoms with Crippen LogP contribution >= 0.6 is 15.9 Å². The van der Waals surface area contributed by atoms with Crippen molar-refractivity contribution in [1.29, 1.82) is 0 Å². The molecule has 2 rings (SSSR count). The van der Waals surface area contributed by atoms with E-state index in [2.05, 4.69) is 15.9 Å². The van der Waals surface area contributed by atoms with Crippen molar-refractivity contribution in [3.63, 3.8) is 0 Å². The van der Waals surface area contributed by atoms with Gasteiger partial charge in [-0.1, -0.05) is 28.1 Å². The summed E-state index contributed by atoms with van der Waals surface area (Å²) in [6, 6.07) is 9.54. The number of ether oxygens (including phenoxy) is 1. The van der Waals surface area contributed by atoms with Crippen molar-refractivity contribution in [2.24, 2.45) is 0 Å². The van der Waals surface area contributed by atoms with Crippen molar-refractivity contribution in [2.75, 3.05) is 6.61 Å². The maximum absolute atomic E-state index is 13.4. The van der Waals surface area contributed by atoms with E-state index in [1.54, 1.807) is 6.07 Å². The summed E-state index contributed by atoms with van der Waals surface area (Å²) in [6.07, 6.45) is 0. The third kappa shape index (κ3) is 3.85. The molecule has 0 bridgehead atoms. The Bertz CT molecular complexity index is 705. The second-order valence-electron chi connectivity index (χ2n) is 4.09. The van der Waals surface area contributed by atoms with Gasteiger partial charge in [0.05, 0.1) is 16.6 Å². The van der Waals surface area contributed by atoms with E-state index in [0.717, 1.165) is 0 Å². The van der Waals surface area contributed by atoms with E-state index in [9.17, 15) is 19.3 Å². The van der Waals surface area contributed by atoms with Crippen LogP contribution in [0.25, 0.3) is 0 Å². The van der Waals surface area contributed by atoms with E-state index in [0.29, 0.717) is 4.47 Å². The summed E-state index contributed by atoms with van der Waals surface area (Å²) in [5.41, 5.74) is -0.250. The molecule has 0 aliphatic rings. The molecule has 0 heterocycles. The first kappa shape index (κ1) is 15.1. The molecule has 0 unspecified atom stereocenters. The van der Waals surface area contributed by atoms with Gasteiger partial charge in [0.2, 0.25) is 5.78 Å². The van der Waals surface area contributed by atoms with Gasteiger partial charge in [-0.15, -0.1) is 0 Å². The maximum atomic E-state index is 13.4. The molecule has 0 saturated heterocycles. The summed E-state index contributed by atoms with van der Waals surface area (Å²) < 4.78 is 19.1. The monoisotopic (exact) mass is 353 g/mol. The highest BCUT2D eigenvalue weighted by Gasteiger charge is 2.14. The van der Waals surface area contributed by atoms with Gasteiger partial charge < -0.3 is 4.74 Å². The van der Waals surface area contributed by atoms with Crippen molar-refractivity contribution < 1.29 is 18.8 Å². The molecule has 0 fully saturated rings. The first-order chi connectivity index (χ1) is 9.97. The van der Waals surface area contributed by atoms with Gasteiger partial charge in [-0.2, -0.15) is 0 Å². The molecule has 0 atom stereocenters. The van der Waals surface area contributed by atoms with Crippen LogP contribution in [0.4, 0.5) is 10.1 Å². The quantitative estimate of drug-likeness (QED) is 0.466. The number of halogens is 2. The zero-order valence-electron chi connectivity index (χ0n) is 10.6. The van der Waals surface area contributed by atoms with Crippen LogP contribution < -0.4 is 4.74 Å². The summed E-state index contributed by atoms with van der Waals surface area (Å²) in [4.78, 5) is 22.0. The number of Topliss-reactive ketones (excluding diaryl/α,β-unsaturated/α-hetero) is 1. The fourth-order valence-electron chi connectivity index (χ4n) is 1.65. The SMILES string of the molecule is O=C(COc1cc(Br)cc([N+](=O)[O-])c1)c1ccccc1F. The fourth-order valence-corrected chi connectivity index (χ4v) is 2.11. The van der Waals surface area contributed by atoms with Gasteiger partial charge in [-0.25, -0.2) is 4.39 Å². The minimum atomic E-state index is -0.633. The molecule has 7 heteroatoms. The number of nitro groups is 1. The molecule has 0 aliphatic carbocycles. The number of benzene rings is 2. The molecule has 21 heavy (non-hydrogen) atoms. The lowest BCUT2D eigenvalue weighted by Gasteiger charge is -2.06. The normalized spacial score (nSPS) is 10.2. The van der Waals surface area contributed by atoms with E-state index in [-0.39, 0.29) is 17.0 Å². The minimum Gasteiger partial charge on any atom is -0.485 e. The number of rotatable bonds is 5. The molecular weight excluding hydrogens is 345 g/mol. The average Bonchev–Trinajstić information content (AvgIpc) is 2.44. The van der Waals surface area contributed by atoms with Gasteiger partial charge in [0, 0.05) is 10.5 Å². The third-order valence-corrected chi connectivity index (χ3v) is 3.07. The summed E-state index contributed by atoms with van der Waals surface area (Å²) in [7, 11) is 0. The zero-order valence-corrected chi connectivity index (χ0v) is 12.2. The molecule has 0 N–H and O–H groups in total. The number of hydrogen-bond acceptors (Lipinski definition) is 4. The molecule has 0 aromatic heterocycles. The number of ketones is 1. The Morgan fingerprint density at radius 3 is 2.67 bits per heavy atom. The minimum absolute atomic E-state index is 0.0815. The molecule has 0 spiro atoms. The Hall–Kier alpha value is -2.28. The van der Waals surface area contributed by atoms with Crippen LogP contribution in [0.3, 0.4) is 0 Å². The largest absolute Gasteiger partial charge is 0.485 e. The average molecular weight is 354 g/mol. The second kappa shape index (κ2) is 6.45. The van der Waals surface area contributed by atoms with Crippen molar-refractivity contribution in [2.45, 2.75) is 0 Å². The van der Waals surface area contributed by atoms with Crippen LogP contribution in [-0.2, 0) is 0 Å². The Labute approximate surface area is 127 Å².